The predicted octanol–water partition coefficient (Wildman–Crippen LogP) is 1.36. The Labute approximate surface area is 140 Å². The Morgan fingerprint density at radius 3 is 2.39 bits per heavy atom. The van der Waals surface area contributed by atoms with E-state index >= 15 is 0 Å². The second-order valence-electron chi connectivity index (χ2n) is 4.60. The van der Waals surface area contributed by atoms with Crippen molar-refractivity contribution in [2.45, 2.75) is 6.42 Å². The molecule has 120 valence electrons. The van der Waals surface area contributed by atoms with Crippen LogP contribution in [0.5, 0.6) is 0 Å². The normalized spacial score (nSPS) is 9.96. The SMILES string of the molecule is O=C(CCNC(=O)c1ccc(Br)cc1)NNC(=O)c1ccc[nH]1. The highest BCUT2D eigenvalue weighted by Crippen LogP contribution is 2.10. The van der Waals surface area contributed by atoms with E-state index in [1.165, 1.54) is 0 Å². The topological polar surface area (TPSA) is 103 Å². The Morgan fingerprint density at radius 2 is 1.74 bits per heavy atom. The number of hydrogen-bond donors (Lipinski definition) is 4. The number of benzene rings is 1. The van der Waals surface area contributed by atoms with Crippen LogP contribution < -0.4 is 16.2 Å². The third kappa shape index (κ3) is 5.26. The first-order valence-electron chi connectivity index (χ1n) is 6.82. The number of H-pyrrole nitrogens is 1. The van der Waals surface area contributed by atoms with E-state index in [0.717, 1.165) is 4.47 Å². The summed E-state index contributed by atoms with van der Waals surface area (Å²) < 4.78 is 0.881. The van der Waals surface area contributed by atoms with E-state index in [4.69, 9.17) is 0 Å². The van der Waals surface area contributed by atoms with Crippen molar-refractivity contribution < 1.29 is 14.4 Å². The van der Waals surface area contributed by atoms with Gasteiger partial charge in [0.15, 0.2) is 0 Å². The number of carbonyl (C=O) groups excluding carboxylic acids is 3. The molecule has 8 heteroatoms. The van der Waals surface area contributed by atoms with Crippen molar-refractivity contribution in [3.63, 3.8) is 0 Å². The van der Waals surface area contributed by atoms with Crippen molar-refractivity contribution in [1.82, 2.24) is 21.2 Å². The molecule has 1 aromatic carbocycles. The number of rotatable bonds is 5. The van der Waals surface area contributed by atoms with Gasteiger partial charge in [-0.25, -0.2) is 0 Å². The van der Waals surface area contributed by atoms with Gasteiger partial charge in [-0.05, 0) is 36.4 Å². The number of nitrogens with one attached hydrogen (secondary N) is 4. The van der Waals surface area contributed by atoms with Gasteiger partial charge in [-0.3, -0.25) is 25.2 Å². The predicted molar refractivity (Wildman–Crippen MR) is 87.5 cm³/mol. The van der Waals surface area contributed by atoms with Crippen LogP contribution in [0.3, 0.4) is 0 Å². The van der Waals surface area contributed by atoms with E-state index < -0.39 is 11.8 Å². The maximum atomic E-state index is 11.8. The van der Waals surface area contributed by atoms with E-state index in [1.807, 2.05) is 0 Å². The summed E-state index contributed by atoms with van der Waals surface area (Å²) in [7, 11) is 0. The Morgan fingerprint density at radius 1 is 1.00 bits per heavy atom. The first-order valence-corrected chi connectivity index (χ1v) is 7.62. The van der Waals surface area contributed by atoms with E-state index in [0.29, 0.717) is 11.3 Å². The van der Waals surface area contributed by atoms with Crippen molar-refractivity contribution in [2.24, 2.45) is 0 Å². The van der Waals surface area contributed by atoms with Gasteiger partial charge in [0, 0.05) is 29.2 Å². The molecule has 0 saturated heterocycles. The molecule has 2 rings (SSSR count). The molecule has 0 radical (unpaired) electrons. The summed E-state index contributed by atoms with van der Waals surface area (Å²) >= 11 is 3.29. The molecule has 0 aliphatic carbocycles. The van der Waals surface area contributed by atoms with Crippen molar-refractivity contribution in [1.29, 1.82) is 0 Å². The third-order valence-electron chi connectivity index (χ3n) is 2.90. The van der Waals surface area contributed by atoms with Gasteiger partial charge in [0.1, 0.15) is 5.69 Å². The standard InChI is InChI=1S/C15H15BrN4O3/c16-11-5-3-10(4-6-11)14(22)18-9-7-13(21)19-20-15(23)12-2-1-8-17-12/h1-6,8,17H,7,9H2,(H,18,22)(H,19,21)(H,20,23). The Balaban J connectivity index is 1.67. The zero-order valence-electron chi connectivity index (χ0n) is 12.1. The average molecular weight is 379 g/mol. The third-order valence-corrected chi connectivity index (χ3v) is 3.43. The van der Waals surface area contributed by atoms with Gasteiger partial charge in [0.2, 0.25) is 5.91 Å². The summed E-state index contributed by atoms with van der Waals surface area (Å²) in [6.07, 6.45) is 1.65. The number of aromatic amines is 1. The fraction of sp³-hybridized carbons (Fsp3) is 0.133. The number of hydrogen-bond acceptors (Lipinski definition) is 3. The van der Waals surface area contributed by atoms with Gasteiger partial charge in [-0.2, -0.15) is 0 Å². The molecule has 0 saturated carbocycles. The Hall–Kier alpha value is -2.61. The monoisotopic (exact) mass is 378 g/mol. The molecule has 0 aliphatic heterocycles. The Bertz CT molecular complexity index is 683. The van der Waals surface area contributed by atoms with Crippen LogP contribution in [0.25, 0.3) is 0 Å². The molecule has 0 atom stereocenters. The summed E-state index contributed by atoms with van der Waals surface area (Å²) in [5.41, 5.74) is 5.40. The average Bonchev–Trinajstić information content (AvgIpc) is 3.07. The molecule has 0 fully saturated rings. The molecule has 23 heavy (non-hydrogen) atoms. The first-order chi connectivity index (χ1) is 11.1. The molecule has 0 spiro atoms. The number of halogens is 1. The second-order valence-corrected chi connectivity index (χ2v) is 5.51. The van der Waals surface area contributed by atoms with Gasteiger partial charge in [-0.1, -0.05) is 15.9 Å². The van der Waals surface area contributed by atoms with Crippen molar-refractivity contribution in [3.8, 4) is 0 Å². The lowest BCUT2D eigenvalue weighted by molar-refractivity contribution is -0.121. The van der Waals surface area contributed by atoms with Crippen LogP contribution in [-0.4, -0.2) is 29.3 Å². The molecule has 7 nitrogen and oxygen atoms in total. The molecule has 3 amide bonds. The molecule has 0 unspecified atom stereocenters. The van der Waals surface area contributed by atoms with Crippen LogP contribution in [0, 0.1) is 0 Å². The van der Waals surface area contributed by atoms with Crippen LogP contribution in [0.1, 0.15) is 27.3 Å². The molecule has 2 aromatic rings. The minimum Gasteiger partial charge on any atom is -0.357 e. The largest absolute Gasteiger partial charge is 0.357 e. The van der Waals surface area contributed by atoms with Crippen LogP contribution in [0.4, 0.5) is 0 Å². The van der Waals surface area contributed by atoms with Crippen LogP contribution in [-0.2, 0) is 4.79 Å². The van der Waals surface area contributed by atoms with Gasteiger partial charge in [0.25, 0.3) is 11.8 Å². The lowest BCUT2D eigenvalue weighted by atomic mass is 10.2. The van der Waals surface area contributed by atoms with E-state index in [2.05, 4.69) is 37.1 Å². The summed E-state index contributed by atoms with van der Waals surface area (Å²) in [4.78, 5) is 37.7. The van der Waals surface area contributed by atoms with E-state index in [-0.39, 0.29) is 18.9 Å². The highest BCUT2D eigenvalue weighted by molar-refractivity contribution is 9.10. The summed E-state index contributed by atoms with van der Waals surface area (Å²) in [5, 5.41) is 2.63. The lowest BCUT2D eigenvalue weighted by Crippen LogP contribution is -2.42. The summed E-state index contributed by atoms with van der Waals surface area (Å²) in [6, 6.07) is 10.1. The van der Waals surface area contributed by atoms with Crippen molar-refractivity contribution in [2.75, 3.05) is 6.54 Å². The van der Waals surface area contributed by atoms with E-state index in [1.54, 1.807) is 42.6 Å². The number of carbonyl (C=O) groups is 3. The zero-order valence-corrected chi connectivity index (χ0v) is 13.6. The molecule has 0 aliphatic rings. The minimum atomic E-state index is -0.442. The fourth-order valence-electron chi connectivity index (χ4n) is 1.72. The van der Waals surface area contributed by atoms with Gasteiger partial charge < -0.3 is 10.3 Å². The molecule has 1 heterocycles. The van der Waals surface area contributed by atoms with Crippen molar-refractivity contribution in [3.05, 3.63) is 58.3 Å². The summed E-state index contributed by atoms with van der Waals surface area (Å²) in [6.45, 7) is 0.166. The van der Waals surface area contributed by atoms with E-state index in [9.17, 15) is 14.4 Å². The molecule has 1 aromatic heterocycles. The van der Waals surface area contributed by atoms with Gasteiger partial charge in [-0.15, -0.1) is 0 Å². The zero-order chi connectivity index (χ0) is 16.7. The number of hydrazine groups is 1. The maximum Gasteiger partial charge on any atom is 0.286 e. The van der Waals surface area contributed by atoms with Crippen LogP contribution in [0.2, 0.25) is 0 Å². The van der Waals surface area contributed by atoms with Crippen molar-refractivity contribution >= 4 is 33.7 Å². The quantitative estimate of drug-likeness (QED) is 0.590. The molecular formula is C15H15BrN4O3. The lowest BCUT2D eigenvalue weighted by Gasteiger charge is -2.07. The number of amides is 3. The minimum absolute atomic E-state index is 0.0489. The van der Waals surface area contributed by atoms with Gasteiger partial charge in [0.05, 0.1) is 0 Å². The molecule has 4 N–H and O–H groups in total. The highest BCUT2D eigenvalue weighted by atomic mass is 79.9. The van der Waals surface area contributed by atoms with Crippen LogP contribution >= 0.6 is 15.9 Å². The molecule has 0 bridgehead atoms. The second kappa shape index (κ2) is 8.14. The van der Waals surface area contributed by atoms with Crippen LogP contribution in [0.15, 0.2) is 47.1 Å². The highest BCUT2D eigenvalue weighted by Gasteiger charge is 2.09. The first kappa shape index (κ1) is 16.8. The smallest absolute Gasteiger partial charge is 0.286 e. The fourth-order valence-corrected chi connectivity index (χ4v) is 1.99. The molecular weight excluding hydrogens is 364 g/mol. The van der Waals surface area contributed by atoms with Gasteiger partial charge >= 0.3 is 0 Å². The Kier molecular flexibility index (Phi) is 5.93. The maximum absolute atomic E-state index is 11.8. The summed E-state index contributed by atoms with van der Waals surface area (Å²) in [5.74, 6) is -1.11. The number of aromatic nitrogens is 1.